The number of aliphatic hydroxyl groups is 1. The lowest BCUT2D eigenvalue weighted by molar-refractivity contribution is -0.171. The van der Waals surface area contributed by atoms with Gasteiger partial charge in [0.15, 0.2) is 0 Å². The molecule has 0 radical (unpaired) electrons. The van der Waals surface area contributed by atoms with Crippen molar-refractivity contribution < 1.29 is 9.84 Å². The van der Waals surface area contributed by atoms with Crippen molar-refractivity contribution in [2.75, 3.05) is 36.6 Å². The Kier molecular flexibility index (Phi) is 3.65. The molecule has 0 bridgehead atoms. The summed E-state index contributed by atoms with van der Waals surface area (Å²) in [4.78, 5) is 2.13. The second-order valence-electron chi connectivity index (χ2n) is 6.14. The van der Waals surface area contributed by atoms with E-state index < -0.39 is 5.60 Å². The summed E-state index contributed by atoms with van der Waals surface area (Å²) in [7, 11) is 0. The molecule has 0 unspecified atom stereocenters. The van der Waals surface area contributed by atoms with Gasteiger partial charge >= 0.3 is 0 Å². The largest absolute Gasteiger partial charge is 0.383 e. The minimum Gasteiger partial charge on any atom is -0.383 e. The molecule has 0 aliphatic carbocycles. The van der Waals surface area contributed by atoms with Crippen LogP contribution in [-0.2, 0) is 4.74 Å². The molecule has 2 aliphatic rings. The maximum Gasteiger partial charge on any atom is 0.128 e. The van der Waals surface area contributed by atoms with Crippen molar-refractivity contribution in [1.29, 1.82) is 0 Å². The minimum absolute atomic E-state index is 0.391. The van der Waals surface area contributed by atoms with Crippen LogP contribution in [-0.4, -0.2) is 37.1 Å². The first-order valence-corrected chi connectivity index (χ1v) is 8.18. The highest BCUT2D eigenvalue weighted by Crippen LogP contribution is 2.37. The molecule has 4 nitrogen and oxygen atoms in total. The molecular weight excluding hydrogens is 335 g/mol. The highest BCUT2D eigenvalue weighted by Gasteiger charge is 2.39. The third-order valence-electron chi connectivity index (χ3n) is 4.22. The molecule has 2 N–H and O–H groups in total. The Labute approximate surface area is 144 Å². The number of fused-ring (bicyclic) bond motifs is 1. The van der Waals surface area contributed by atoms with E-state index in [-0.39, 0.29) is 0 Å². The van der Waals surface area contributed by atoms with Gasteiger partial charge in [-0.15, -0.1) is 0 Å². The number of nitrogens with one attached hydrogen (secondary N) is 1. The summed E-state index contributed by atoms with van der Waals surface area (Å²) in [6.45, 7) is 2.01. The molecule has 120 valence electrons. The fraction of sp³-hybridized carbons (Fsp3) is 0.294. The van der Waals surface area contributed by atoms with E-state index in [0.29, 0.717) is 36.5 Å². The summed E-state index contributed by atoms with van der Waals surface area (Å²) in [5.74, 6) is 0. The smallest absolute Gasteiger partial charge is 0.128 e. The highest BCUT2D eigenvalue weighted by atomic mass is 35.5. The van der Waals surface area contributed by atoms with Crippen LogP contribution in [0.25, 0.3) is 11.1 Å². The molecule has 2 aromatic carbocycles. The van der Waals surface area contributed by atoms with Gasteiger partial charge in [-0.2, -0.15) is 0 Å². The van der Waals surface area contributed by atoms with Gasteiger partial charge in [0.05, 0.1) is 37.8 Å². The fourth-order valence-corrected chi connectivity index (χ4v) is 3.56. The molecule has 6 heteroatoms. The normalized spacial score (nSPS) is 18.3. The summed E-state index contributed by atoms with van der Waals surface area (Å²) >= 11 is 12.2. The molecule has 1 fully saturated rings. The summed E-state index contributed by atoms with van der Waals surface area (Å²) in [6, 6.07) is 11.7. The molecule has 0 aromatic heterocycles. The van der Waals surface area contributed by atoms with Gasteiger partial charge in [0.1, 0.15) is 5.60 Å². The van der Waals surface area contributed by atoms with Crippen LogP contribution < -0.4 is 10.2 Å². The Balaban J connectivity index is 1.67. The minimum atomic E-state index is -0.751. The summed E-state index contributed by atoms with van der Waals surface area (Å²) in [5, 5.41) is 14.9. The Bertz CT molecular complexity index is 742. The van der Waals surface area contributed by atoms with E-state index in [4.69, 9.17) is 27.9 Å². The molecule has 2 aliphatic heterocycles. The van der Waals surface area contributed by atoms with E-state index in [0.717, 1.165) is 22.5 Å². The molecule has 1 saturated heterocycles. The number of halogens is 2. The number of nitrogens with zero attached hydrogens (tertiary/aromatic N) is 1. The van der Waals surface area contributed by atoms with Crippen LogP contribution in [0.2, 0.25) is 10.0 Å². The number of anilines is 2. The first kappa shape index (κ1) is 15.1. The van der Waals surface area contributed by atoms with Crippen LogP contribution in [0.15, 0.2) is 36.4 Å². The van der Waals surface area contributed by atoms with Crippen LogP contribution in [0.5, 0.6) is 0 Å². The molecule has 0 spiro atoms. The Hall–Kier alpha value is -1.46. The molecule has 4 rings (SSSR count). The predicted molar refractivity (Wildman–Crippen MR) is 93.5 cm³/mol. The number of rotatable bonds is 3. The van der Waals surface area contributed by atoms with Gasteiger partial charge in [-0.3, -0.25) is 0 Å². The van der Waals surface area contributed by atoms with E-state index in [2.05, 4.69) is 16.3 Å². The Morgan fingerprint density at radius 2 is 1.83 bits per heavy atom. The zero-order valence-corrected chi connectivity index (χ0v) is 13.9. The van der Waals surface area contributed by atoms with Crippen LogP contribution in [0.1, 0.15) is 0 Å². The van der Waals surface area contributed by atoms with E-state index in [1.165, 1.54) is 0 Å². The number of ether oxygens (including phenoxy) is 1. The van der Waals surface area contributed by atoms with E-state index >= 15 is 0 Å². The number of hydrogen-bond donors (Lipinski definition) is 2. The second kappa shape index (κ2) is 5.56. The summed E-state index contributed by atoms with van der Waals surface area (Å²) < 4.78 is 5.13. The molecule has 0 atom stereocenters. The van der Waals surface area contributed by atoms with Gasteiger partial charge in [0.2, 0.25) is 0 Å². The third-order valence-corrected chi connectivity index (χ3v) is 4.66. The van der Waals surface area contributed by atoms with Crippen molar-refractivity contribution in [2.24, 2.45) is 0 Å². The number of β-amino-alcohol motifs (C(OH)–C–C–N with tert-alkyl or cyclic N) is 1. The maximum atomic E-state index is 10.3. The standard InChI is InChI=1S/C17H16Cl2N2O2/c18-13-3-12(4-14(19)6-13)11-1-2-15-16(5-11)21(10-20-15)7-17(22)8-23-9-17/h1-6,20,22H,7-10H2. The lowest BCUT2D eigenvalue weighted by Crippen LogP contribution is -2.57. The molecule has 23 heavy (non-hydrogen) atoms. The summed E-state index contributed by atoms with van der Waals surface area (Å²) in [5.41, 5.74) is 3.39. The van der Waals surface area contributed by atoms with Gasteiger partial charge in [-0.25, -0.2) is 0 Å². The molecule has 0 saturated carbocycles. The predicted octanol–water partition coefficient (Wildman–Crippen LogP) is 3.61. The Morgan fingerprint density at radius 1 is 1.09 bits per heavy atom. The average molecular weight is 351 g/mol. The van der Waals surface area contributed by atoms with Crippen molar-refractivity contribution in [3.63, 3.8) is 0 Å². The lowest BCUT2D eigenvalue weighted by Gasteiger charge is -2.39. The number of hydrogen-bond acceptors (Lipinski definition) is 4. The van der Waals surface area contributed by atoms with E-state index in [1.54, 1.807) is 6.07 Å². The van der Waals surface area contributed by atoms with Gasteiger partial charge in [0.25, 0.3) is 0 Å². The SMILES string of the molecule is OC1(CN2CNc3ccc(-c4cc(Cl)cc(Cl)c4)cc32)COC1. The zero-order valence-electron chi connectivity index (χ0n) is 12.4. The first-order valence-electron chi connectivity index (χ1n) is 7.42. The van der Waals surface area contributed by atoms with Crippen molar-refractivity contribution in [1.82, 2.24) is 0 Å². The summed E-state index contributed by atoms with van der Waals surface area (Å²) in [6.07, 6.45) is 0. The maximum absolute atomic E-state index is 10.3. The van der Waals surface area contributed by atoms with Crippen LogP contribution in [0.3, 0.4) is 0 Å². The molecule has 2 heterocycles. The molecular formula is C17H16Cl2N2O2. The lowest BCUT2D eigenvalue weighted by atomic mass is 10.0. The fourth-order valence-electron chi connectivity index (χ4n) is 3.03. The highest BCUT2D eigenvalue weighted by molar-refractivity contribution is 6.35. The van der Waals surface area contributed by atoms with Gasteiger partial charge in [-0.1, -0.05) is 29.3 Å². The average Bonchev–Trinajstić information content (AvgIpc) is 2.87. The molecule has 2 aromatic rings. The monoisotopic (exact) mass is 350 g/mol. The van der Waals surface area contributed by atoms with Gasteiger partial charge in [0, 0.05) is 10.0 Å². The van der Waals surface area contributed by atoms with Crippen molar-refractivity contribution in [3.05, 3.63) is 46.4 Å². The van der Waals surface area contributed by atoms with E-state index in [1.807, 2.05) is 24.3 Å². The zero-order chi connectivity index (χ0) is 16.0. The molecule has 0 amide bonds. The topological polar surface area (TPSA) is 44.7 Å². The van der Waals surface area contributed by atoms with Crippen molar-refractivity contribution in [2.45, 2.75) is 5.60 Å². The van der Waals surface area contributed by atoms with Gasteiger partial charge < -0.3 is 20.1 Å². The van der Waals surface area contributed by atoms with Crippen LogP contribution >= 0.6 is 23.2 Å². The van der Waals surface area contributed by atoms with Gasteiger partial charge in [-0.05, 0) is 41.5 Å². The third kappa shape index (κ3) is 2.88. The van der Waals surface area contributed by atoms with Crippen LogP contribution in [0, 0.1) is 0 Å². The Morgan fingerprint density at radius 3 is 2.48 bits per heavy atom. The first-order chi connectivity index (χ1) is 11.0. The van der Waals surface area contributed by atoms with Crippen molar-refractivity contribution in [3.8, 4) is 11.1 Å². The quantitative estimate of drug-likeness (QED) is 0.887. The number of benzene rings is 2. The van der Waals surface area contributed by atoms with E-state index in [9.17, 15) is 5.11 Å². The van der Waals surface area contributed by atoms with Crippen molar-refractivity contribution >= 4 is 34.6 Å². The second-order valence-corrected chi connectivity index (χ2v) is 7.01. The van der Waals surface area contributed by atoms with Crippen LogP contribution in [0.4, 0.5) is 11.4 Å².